The van der Waals surface area contributed by atoms with E-state index in [9.17, 15) is 9.59 Å². The number of carbonyl (C=O) groups excluding carboxylic acids is 2. The number of rotatable bonds is 5. The summed E-state index contributed by atoms with van der Waals surface area (Å²) in [4.78, 5) is 28.1. The molecule has 0 fully saturated rings. The van der Waals surface area contributed by atoms with Crippen LogP contribution in [0.1, 0.15) is 17.3 Å². The van der Waals surface area contributed by atoms with Crippen LogP contribution in [-0.4, -0.2) is 29.1 Å². The standard InChI is InChI=1S/C16H12ClN3O3/c1-9(19)12(7-18)14(21)8-23-16(22)11-6-15(17)20-13-5-3-2-4-10(11)13/h2-6,12,19H,8H2,1H3. The monoisotopic (exact) mass is 329 g/mol. The second kappa shape index (κ2) is 6.99. The number of aromatic nitrogens is 1. The van der Waals surface area contributed by atoms with Crippen LogP contribution >= 0.6 is 11.6 Å². The number of para-hydroxylation sites is 1. The summed E-state index contributed by atoms with van der Waals surface area (Å²) >= 11 is 5.89. The number of benzene rings is 1. The van der Waals surface area contributed by atoms with Crippen molar-refractivity contribution in [3.63, 3.8) is 0 Å². The maximum Gasteiger partial charge on any atom is 0.339 e. The van der Waals surface area contributed by atoms with Gasteiger partial charge in [-0.1, -0.05) is 29.8 Å². The highest BCUT2D eigenvalue weighted by atomic mass is 35.5. The van der Waals surface area contributed by atoms with Crippen LogP contribution < -0.4 is 0 Å². The molecule has 1 unspecified atom stereocenters. The van der Waals surface area contributed by atoms with Gasteiger partial charge in [-0.25, -0.2) is 9.78 Å². The zero-order chi connectivity index (χ0) is 17.0. The number of ketones is 1. The van der Waals surface area contributed by atoms with Gasteiger partial charge in [0.1, 0.15) is 11.1 Å². The molecule has 0 amide bonds. The first kappa shape index (κ1) is 16.6. The Kier molecular flexibility index (Phi) is 5.04. The van der Waals surface area contributed by atoms with Crippen LogP contribution in [0.3, 0.4) is 0 Å². The van der Waals surface area contributed by atoms with E-state index < -0.39 is 24.3 Å². The summed E-state index contributed by atoms with van der Waals surface area (Å²) in [5, 5.41) is 16.9. The van der Waals surface area contributed by atoms with Crippen LogP contribution in [0.2, 0.25) is 5.15 Å². The molecule has 1 atom stereocenters. The van der Waals surface area contributed by atoms with E-state index in [0.717, 1.165) is 0 Å². The molecule has 0 aliphatic heterocycles. The van der Waals surface area contributed by atoms with E-state index in [1.165, 1.54) is 13.0 Å². The number of Topliss-reactive ketones (excluding diaryl/α,β-unsaturated/α-hetero) is 1. The average molecular weight is 330 g/mol. The van der Waals surface area contributed by atoms with Crippen LogP contribution in [0.4, 0.5) is 0 Å². The van der Waals surface area contributed by atoms with E-state index in [1.807, 2.05) is 0 Å². The Morgan fingerprint density at radius 3 is 2.78 bits per heavy atom. The summed E-state index contributed by atoms with van der Waals surface area (Å²) < 4.78 is 4.96. The molecule has 116 valence electrons. The largest absolute Gasteiger partial charge is 0.454 e. The molecule has 23 heavy (non-hydrogen) atoms. The summed E-state index contributed by atoms with van der Waals surface area (Å²) in [7, 11) is 0. The molecule has 1 N–H and O–H groups in total. The second-order valence-electron chi connectivity index (χ2n) is 4.80. The van der Waals surface area contributed by atoms with Gasteiger partial charge in [-0.15, -0.1) is 0 Å². The summed E-state index contributed by atoms with van der Waals surface area (Å²) in [5.74, 6) is -2.59. The Morgan fingerprint density at radius 2 is 2.13 bits per heavy atom. The van der Waals surface area contributed by atoms with Gasteiger partial charge in [0.25, 0.3) is 0 Å². The number of hydrogen-bond acceptors (Lipinski definition) is 6. The zero-order valence-electron chi connectivity index (χ0n) is 12.2. The highest BCUT2D eigenvalue weighted by molar-refractivity contribution is 6.30. The minimum atomic E-state index is -1.21. The molecule has 0 bridgehead atoms. The number of fused-ring (bicyclic) bond motifs is 1. The van der Waals surface area contributed by atoms with E-state index >= 15 is 0 Å². The molecular weight excluding hydrogens is 318 g/mol. The minimum Gasteiger partial charge on any atom is -0.454 e. The van der Waals surface area contributed by atoms with E-state index in [4.69, 9.17) is 27.0 Å². The number of nitrogens with one attached hydrogen (secondary N) is 1. The first-order valence-electron chi connectivity index (χ1n) is 6.64. The molecule has 1 aromatic heterocycles. The van der Waals surface area contributed by atoms with Crippen LogP contribution in [0.5, 0.6) is 0 Å². The highest BCUT2D eigenvalue weighted by Crippen LogP contribution is 2.21. The number of halogens is 1. The molecule has 0 radical (unpaired) electrons. The number of hydrogen-bond donors (Lipinski definition) is 1. The van der Waals surface area contributed by atoms with Crippen LogP contribution in [0, 0.1) is 22.7 Å². The fourth-order valence-corrected chi connectivity index (χ4v) is 2.22. The minimum absolute atomic E-state index is 0.0917. The molecule has 0 aliphatic rings. The topological polar surface area (TPSA) is 104 Å². The summed E-state index contributed by atoms with van der Waals surface area (Å²) in [6.07, 6.45) is 0. The number of pyridine rings is 1. The van der Waals surface area contributed by atoms with Crippen LogP contribution in [0.25, 0.3) is 10.9 Å². The second-order valence-corrected chi connectivity index (χ2v) is 5.18. The van der Waals surface area contributed by atoms with E-state index in [-0.39, 0.29) is 16.4 Å². The molecule has 6 nitrogen and oxygen atoms in total. The molecule has 7 heteroatoms. The van der Waals surface area contributed by atoms with Gasteiger partial charge < -0.3 is 10.1 Å². The predicted octanol–water partition coefficient (Wildman–Crippen LogP) is 2.79. The van der Waals surface area contributed by atoms with Gasteiger partial charge in [-0.2, -0.15) is 5.26 Å². The Balaban J connectivity index is 2.21. The van der Waals surface area contributed by atoms with Crippen LogP contribution in [0.15, 0.2) is 30.3 Å². The smallest absolute Gasteiger partial charge is 0.339 e. The Morgan fingerprint density at radius 1 is 1.43 bits per heavy atom. The van der Waals surface area contributed by atoms with E-state index in [1.54, 1.807) is 30.3 Å². The van der Waals surface area contributed by atoms with Gasteiger partial charge >= 0.3 is 5.97 Å². The van der Waals surface area contributed by atoms with Crippen molar-refractivity contribution in [2.45, 2.75) is 6.92 Å². The molecule has 0 aliphatic carbocycles. The van der Waals surface area contributed by atoms with E-state index in [2.05, 4.69) is 4.98 Å². The molecule has 0 saturated carbocycles. The third kappa shape index (κ3) is 3.71. The Bertz CT molecular complexity index is 842. The van der Waals surface area contributed by atoms with Crippen molar-refractivity contribution in [2.75, 3.05) is 6.61 Å². The van der Waals surface area contributed by atoms with Crippen molar-refractivity contribution in [3.05, 3.63) is 41.0 Å². The third-order valence-electron chi connectivity index (χ3n) is 3.13. The molecule has 1 heterocycles. The highest BCUT2D eigenvalue weighted by Gasteiger charge is 2.22. The fraction of sp³-hybridized carbons (Fsp3) is 0.188. The quantitative estimate of drug-likeness (QED) is 0.516. The van der Waals surface area contributed by atoms with Crippen molar-refractivity contribution in [2.24, 2.45) is 5.92 Å². The fourth-order valence-electron chi connectivity index (χ4n) is 2.02. The van der Waals surface area contributed by atoms with Gasteiger partial charge in [-0.3, -0.25) is 4.79 Å². The third-order valence-corrected chi connectivity index (χ3v) is 3.33. The molecule has 0 saturated heterocycles. The van der Waals surface area contributed by atoms with Crippen molar-refractivity contribution >= 4 is 40.0 Å². The molecular formula is C16H12ClN3O3. The first-order valence-corrected chi connectivity index (χ1v) is 7.01. The van der Waals surface area contributed by atoms with Crippen molar-refractivity contribution in [1.29, 1.82) is 10.7 Å². The summed E-state index contributed by atoms with van der Waals surface area (Å²) in [6.45, 7) is 0.769. The van der Waals surface area contributed by atoms with Gasteiger partial charge in [-0.05, 0) is 19.1 Å². The van der Waals surface area contributed by atoms with Gasteiger partial charge in [0.15, 0.2) is 12.4 Å². The van der Waals surface area contributed by atoms with Crippen molar-refractivity contribution in [3.8, 4) is 6.07 Å². The normalized spacial score (nSPS) is 11.5. The average Bonchev–Trinajstić information content (AvgIpc) is 2.52. The zero-order valence-corrected chi connectivity index (χ0v) is 12.9. The predicted molar refractivity (Wildman–Crippen MR) is 84.5 cm³/mol. The van der Waals surface area contributed by atoms with Gasteiger partial charge in [0.2, 0.25) is 0 Å². The lowest BCUT2D eigenvalue weighted by Gasteiger charge is -2.09. The maximum atomic E-state index is 12.2. The molecule has 2 rings (SSSR count). The van der Waals surface area contributed by atoms with Crippen molar-refractivity contribution in [1.82, 2.24) is 4.98 Å². The number of ether oxygens (including phenoxy) is 1. The maximum absolute atomic E-state index is 12.2. The lowest BCUT2D eigenvalue weighted by molar-refractivity contribution is -0.122. The number of nitrogens with zero attached hydrogens (tertiary/aromatic N) is 2. The Hall–Kier alpha value is -2.78. The summed E-state index contributed by atoms with van der Waals surface area (Å²) in [6, 6.07) is 9.96. The van der Waals surface area contributed by atoms with Crippen LogP contribution in [-0.2, 0) is 9.53 Å². The molecule has 1 aromatic carbocycles. The number of nitriles is 1. The molecule has 2 aromatic rings. The summed E-state index contributed by atoms with van der Waals surface area (Å²) in [5.41, 5.74) is 0.628. The Labute approximate surface area is 137 Å². The first-order chi connectivity index (χ1) is 10.9. The van der Waals surface area contributed by atoms with E-state index in [0.29, 0.717) is 10.9 Å². The SMILES string of the molecule is CC(=N)C(C#N)C(=O)COC(=O)c1cc(Cl)nc2ccccc12. The lowest BCUT2D eigenvalue weighted by atomic mass is 10.0. The number of carbonyl (C=O) groups is 2. The lowest BCUT2D eigenvalue weighted by Crippen LogP contribution is -2.25. The van der Waals surface area contributed by atoms with Crippen molar-refractivity contribution < 1.29 is 14.3 Å². The van der Waals surface area contributed by atoms with Gasteiger partial charge in [0, 0.05) is 11.1 Å². The molecule has 0 spiro atoms. The number of esters is 1. The van der Waals surface area contributed by atoms with Gasteiger partial charge in [0.05, 0.1) is 17.1 Å².